The van der Waals surface area contributed by atoms with Crippen LogP contribution in [0.25, 0.3) is 16.6 Å². The number of benzene rings is 1. The summed E-state index contributed by atoms with van der Waals surface area (Å²) in [5.41, 5.74) is 1.24. The number of fused-ring (bicyclic) bond motifs is 3. The SMILES string of the molecule is CCC1CCCCN1CCCNC(=O)c1nnn2c1c(=O)[nH]c1ccccc12. The van der Waals surface area contributed by atoms with Gasteiger partial charge in [-0.2, -0.15) is 0 Å². The number of nitrogens with one attached hydrogen (secondary N) is 2. The first-order valence-corrected chi connectivity index (χ1v) is 10.1. The summed E-state index contributed by atoms with van der Waals surface area (Å²) in [4.78, 5) is 30.3. The third-order valence-electron chi connectivity index (χ3n) is 5.61. The van der Waals surface area contributed by atoms with Gasteiger partial charge in [0.25, 0.3) is 11.5 Å². The zero-order valence-corrected chi connectivity index (χ0v) is 16.1. The zero-order valence-electron chi connectivity index (χ0n) is 16.1. The molecule has 1 unspecified atom stereocenters. The topological polar surface area (TPSA) is 95.4 Å². The summed E-state index contributed by atoms with van der Waals surface area (Å²) in [6, 6.07) is 7.97. The van der Waals surface area contributed by atoms with Gasteiger partial charge in [-0.3, -0.25) is 9.59 Å². The number of nitrogens with zero attached hydrogens (tertiary/aromatic N) is 4. The van der Waals surface area contributed by atoms with E-state index in [2.05, 4.69) is 32.4 Å². The van der Waals surface area contributed by atoms with Gasteiger partial charge in [-0.15, -0.1) is 5.10 Å². The number of aromatic nitrogens is 4. The van der Waals surface area contributed by atoms with E-state index in [1.807, 2.05) is 18.2 Å². The van der Waals surface area contributed by atoms with Gasteiger partial charge < -0.3 is 15.2 Å². The van der Waals surface area contributed by atoms with E-state index in [-0.39, 0.29) is 22.7 Å². The molecule has 1 aliphatic heterocycles. The van der Waals surface area contributed by atoms with Crippen molar-refractivity contribution in [1.82, 2.24) is 30.0 Å². The van der Waals surface area contributed by atoms with Gasteiger partial charge in [0.15, 0.2) is 11.2 Å². The molecule has 4 rings (SSSR count). The number of H-pyrrole nitrogens is 1. The van der Waals surface area contributed by atoms with E-state index in [9.17, 15) is 9.59 Å². The number of carbonyl (C=O) groups is 1. The van der Waals surface area contributed by atoms with Crippen LogP contribution in [-0.4, -0.2) is 56.3 Å². The molecule has 0 saturated carbocycles. The van der Waals surface area contributed by atoms with Crippen LogP contribution in [0.15, 0.2) is 29.1 Å². The number of hydrogen-bond donors (Lipinski definition) is 2. The summed E-state index contributed by atoms with van der Waals surface area (Å²) in [6.45, 7) is 4.91. The lowest BCUT2D eigenvalue weighted by Crippen LogP contribution is -2.40. The largest absolute Gasteiger partial charge is 0.351 e. The third-order valence-corrected chi connectivity index (χ3v) is 5.61. The van der Waals surface area contributed by atoms with Crippen LogP contribution in [0.5, 0.6) is 0 Å². The summed E-state index contributed by atoms with van der Waals surface area (Å²) in [5.74, 6) is -0.360. The first-order chi connectivity index (χ1) is 13.7. The van der Waals surface area contributed by atoms with Gasteiger partial charge in [0.2, 0.25) is 0 Å². The quantitative estimate of drug-likeness (QED) is 0.636. The van der Waals surface area contributed by atoms with Gasteiger partial charge in [-0.1, -0.05) is 30.7 Å². The van der Waals surface area contributed by atoms with Gasteiger partial charge >= 0.3 is 0 Å². The fraction of sp³-hybridized carbons (Fsp3) is 0.500. The summed E-state index contributed by atoms with van der Waals surface area (Å²) in [6.07, 6.45) is 5.89. The Labute approximate surface area is 162 Å². The fourth-order valence-electron chi connectivity index (χ4n) is 4.14. The maximum Gasteiger partial charge on any atom is 0.277 e. The maximum atomic E-state index is 12.6. The molecule has 1 saturated heterocycles. The highest BCUT2D eigenvalue weighted by Crippen LogP contribution is 2.19. The molecule has 1 aliphatic rings. The molecule has 2 N–H and O–H groups in total. The second-order valence-electron chi connectivity index (χ2n) is 7.37. The second kappa shape index (κ2) is 8.10. The van der Waals surface area contributed by atoms with Gasteiger partial charge in [0.1, 0.15) is 0 Å². The zero-order chi connectivity index (χ0) is 19.5. The molecule has 1 fully saturated rings. The maximum absolute atomic E-state index is 12.6. The molecule has 2 aromatic heterocycles. The molecule has 0 radical (unpaired) electrons. The molecule has 1 aromatic carbocycles. The van der Waals surface area contributed by atoms with Crippen molar-refractivity contribution < 1.29 is 4.79 Å². The first-order valence-electron chi connectivity index (χ1n) is 10.1. The van der Waals surface area contributed by atoms with Gasteiger partial charge in [0.05, 0.1) is 11.0 Å². The van der Waals surface area contributed by atoms with Crippen LogP contribution in [0.3, 0.4) is 0 Å². The third kappa shape index (κ3) is 3.52. The first kappa shape index (κ1) is 18.6. The Morgan fingerprint density at radius 1 is 1.32 bits per heavy atom. The molecule has 8 nitrogen and oxygen atoms in total. The van der Waals surface area contributed by atoms with Crippen molar-refractivity contribution in [2.24, 2.45) is 0 Å². The van der Waals surface area contributed by atoms with Crippen molar-refractivity contribution in [2.45, 2.75) is 45.1 Å². The Morgan fingerprint density at radius 3 is 3.04 bits per heavy atom. The molecular formula is C20H26N6O2. The molecule has 1 atom stereocenters. The molecule has 148 valence electrons. The van der Waals surface area contributed by atoms with Gasteiger partial charge in [0, 0.05) is 19.1 Å². The molecule has 3 aromatic rings. The van der Waals surface area contributed by atoms with Crippen molar-refractivity contribution in [3.63, 3.8) is 0 Å². The number of para-hydroxylation sites is 2. The number of rotatable bonds is 6. The van der Waals surface area contributed by atoms with E-state index < -0.39 is 0 Å². The number of likely N-dealkylation sites (tertiary alicyclic amines) is 1. The summed E-state index contributed by atoms with van der Waals surface area (Å²) in [7, 11) is 0. The van der Waals surface area contributed by atoms with E-state index in [0.29, 0.717) is 23.6 Å². The molecule has 8 heteroatoms. The van der Waals surface area contributed by atoms with Crippen LogP contribution in [0, 0.1) is 0 Å². The smallest absolute Gasteiger partial charge is 0.277 e. The van der Waals surface area contributed by atoms with E-state index in [4.69, 9.17) is 0 Å². The Bertz CT molecular complexity index is 1040. The fourth-order valence-corrected chi connectivity index (χ4v) is 4.14. The number of aromatic amines is 1. The lowest BCUT2D eigenvalue weighted by Gasteiger charge is -2.35. The monoisotopic (exact) mass is 382 g/mol. The normalized spacial score (nSPS) is 18.0. The Morgan fingerprint density at radius 2 is 2.18 bits per heavy atom. The van der Waals surface area contributed by atoms with Gasteiger partial charge in [-0.25, -0.2) is 4.52 Å². The highest BCUT2D eigenvalue weighted by Gasteiger charge is 2.21. The summed E-state index contributed by atoms with van der Waals surface area (Å²) in [5, 5.41) is 10.9. The van der Waals surface area contributed by atoms with Crippen LogP contribution < -0.4 is 10.9 Å². The van der Waals surface area contributed by atoms with Crippen LogP contribution in [0.4, 0.5) is 0 Å². The van der Waals surface area contributed by atoms with Crippen LogP contribution in [0.2, 0.25) is 0 Å². The predicted octanol–water partition coefficient (Wildman–Crippen LogP) is 1.96. The van der Waals surface area contributed by atoms with Crippen molar-refractivity contribution in [1.29, 1.82) is 0 Å². The second-order valence-corrected chi connectivity index (χ2v) is 7.37. The predicted molar refractivity (Wildman–Crippen MR) is 108 cm³/mol. The molecule has 0 bridgehead atoms. The van der Waals surface area contributed by atoms with Crippen LogP contribution in [0.1, 0.15) is 49.5 Å². The Hall–Kier alpha value is -2.74. The van der Waals surface area contributed by atoms with E-state index in [1.54, 1.807) is 6.07 Å². The summed E-state index contributed by atoms with van der Waals surface area (Å²) < 4.78 is 1.43. The lowest BCUT2D eigenvalue weighted by atomic mass is 10.00. The summed E-state index contributed by atoms with van der Waals surface area (Å²) >= 11 is 0. The average molecular weight is 382 g/mol. The highest BCUT2D eigenvalue weighted by molar-refractivity contribution is 5.99. The molecule has 0 spiro atoms. The Kier molecular flexibility index (Phi) is 5.38. The molecular weight excluding hydrogens is 356 g/mol. The van der Waals surface area contributed by atoms with E-state index in [0.717, 1.165) is 19.5 Å². The minimum absolute atomic E-state index is 0.0661. The van der Waals surface area contributed by atoms with E-state index in [1.165, 1.54) is 30.2 Å². The van der Waals surface area contributed by atoms with Crippen molar-refractivity contribution >= 4 is 22.5 Å². The highest BCUT2D eigenvalue weighted by atomic mass is 16.2. The molecule has 0 aliphatic carbocycles. The van der Waals surface area contributed by atoms with Crippen molar-refractivity contribution in [3.8, 4) is 0 Å². The lowest BCUT2D eigenvalue weighted by molar-refractivity contribution is 0.0944. The van der Waals surface area contributed by atoms with Crippen LogP contribution in [-0.2, 0) is 0 Å². The number of carbonyl (C=O) groups excluding carboxylic acids is 1. The minimum atomic E-state index is -0.368. The molecule has 1 amide bonds. The molecule has 28 heavy (non-hydrogen) atoms. The number of hydrogen-bond acceptors (Lipinski definition) is 5. The van der Waals surface area contributed by atoms with Crippen LogP contribution >= 0.6 is 0 Å². The van der Waals surface area contributed by atoms with Gasteiger partial charge in [-0.05, 0) is 44.4 Å². The van der Waals surface area contributed by atoms with Crippen molar-refractivity contribution in [3.05, 3.63) is 40.3 Å². The minimum Gasteiger partial charge on any atom is -0.351 e. The van der Waals surface area contributed by atoms with Crippen molar-refractivity contribution in [2.75, 3.05) is 19.6 Å². The molecule has 3 heterocycles. The number of piperidine rings is 1. The standard InChI is InChI=1S/C20H26N6O2/c1-2-14-8-5-6-12-25(14)13-7-11-21-19(27)17-18-20(28)22-15-9-3-4-10-16(15)26(18)24-23-17/h3-4,9-10,14H,2,5-8,11-13H2,1H3,(H,21,27)(H,22,28). The number of amides is 1. The average Bonchev–Trinajstić information content (AvgIpc) is 3.18. The van der Waals surface area contributed by atoms with E-state index >= 15 is 0 Å². The Balaban J connectivity index is 1.43.